The lowest BCUT2D eigenvalue weighted by Crippen LogP contribution is -2.43. The van der Waals surface area contributed by atoms with Crippen molar-refractivity contribution in [3.8, 4) is 22.4 Å². The largest absolute Gasteiger partial charge is 0.467 e. The van der Waals surface area contributed by atoms with E-state index in [4.69, 9.17) is 24.3 Å². The van der Waals surface area contributed by atoms with Crippen LogP contribution < -0.4 is 4.90 Å². The number of anilines is 1. The molecule has 6 bridgehead atoms. The van der Waals surface area contributed by atoms with Crippen LogP contribution in [0.1, 0.15) is 69.9 Å². The van der Waals surface area contributed by atoms with Crippen LogP contribution in [0.3, 0.4) is 0 Å². The fourth-order valence-electron chi connectivity index (χ4n) is 6.62. The molecule has 2 aromatic heterocycles. The van der Waals surface area contributed by atoms with Gasteiger partial charge in [-0.05, 0) is 81.5 Å². The molecule has 0 radical (unpaired) electrons. The fraction of sp³-hybridized carbons (Fsp3) is 0.447. The standard InChI is InChI=1S/C38H46N4O4/c1-26-33(34(36(43)44-6)46-37(2,3)4)35-41-20-18-38(5,19-21-41)25-45-22-11-7-8-13-27-14-9-10-17-30(27)28-15-12-16-29(23-28)31-24-32(39-26)42(35)40-31/h7,9-12,14-17,23-24,34H,8,13,18-22,25H2,1-6H3/t34-/m0/s1. The third kappa shape index (κ3) is 6.74. The van der Waals surface area contributed by atoms with Crippen molar-refractivity contribution < 1.29 is 19.0 Å². The minimum absolute atomic E-state index is 0.0465. The van der Waals surface area contributed by atoms with E-state index in [-0.39, 0.29) is 5.41 Å². The highest BCUT2D eigenvalue weighted by atomic mass is 16.6. The summed E-state index contributed by atoms with van der Waals surface area (Å²) >= 11 is 0. The van der Waals surface area contributed by atoms with E-state index in [9.17, 15) is 4.79 Å². The molecule has 1 saturated heterocycles. The van der Waals surface area contributed by atoms with Crippen LogP contribution in [0.4, 0.5) is 5.82 Å². The van der Waals surface area contributed by atoms with E-state index in [0.717, 1.165) is 72.8 Å². The number of hydrogen-bond donors (Lipinski definition) is 0. The van der Waals surface area contributed by atoms with Gasteiger partial charge in [0.05, 0.1) is 37.2 Å². The first-order chi connectivity index (χ1) is 22.0. The highest BCUT2D eigenvalue weighted by Gasteiger charge is 2.38. The van der Waals surface area contributed by atoms with E-state index in [1.165, 1.54) is 18.2 Å². The van der Waals surface area contributed by atoms with Gasteiger partial charge in [-0.3, -0.25) is 0 Å². The Balaban J connectivity index is 1.54. The van der Waals surface area contributed by atoms with E-state index in [1.807, 2.05) is 38.3 Å². The van der Waals surface area contributed by atoms with Crippen LogP contribution in [0.25, 0.3) is 28.0 Å². The number of nitrogens with zero attached hydrogens (tertiary/aromatic N) is 4. The molecule has 2 aromatic carbocycles. The number of aryl methyl sites for hydroxylation is 2. The van der Waals surface area contributed by atoms with Gasteiger partial charge < -0.3 is 19.1 Å². The molecular weight excluding hydrogens is 576 g/mol. The lowest BCUT2D eigenvalue weighted by Gasteiger charge is -2.41. The molecule has 0 N–H and O–H groups in total. The van der Waals surface area contributed by atoms with E-state index in [2.05, 4.69) is 72.5 Å². The molecule has 7 rings (SSSR count). The van der Waals surface area contributed by atoms with Crippen molar-refractivity contribution in [3.63, 3.8) is 0 Å². The first-order valence-electron chi connectivity index (χ1n) is 16.4. The van der Waals surface area contributed by atoms with Crippen LogP contribution in [0, 0.1) is 12.3 Å². The maximum Gasteiger partial charge on any atom is 0.339 e. The summed E-state index contributed by atoms with van der Waals surface area (Å²) in [7, 11) is 1.40. The van der Waals surface area contributed by atoms with Crippen molar-refractivity contribution in [2.24, 2.45) is 5.41 Å². The number of piperidine rings is 1. The number of aromatic nitrogens is 3. The summed E-state index contributed by atoms with van der Waals surface area (Å²) < 4.78 is 19.8. The summed E-state index contributed by atoms with van der Waals surface area (Å²) in [6.45, 7) is 13.0. The number of methoxy groups -OCH3 is 1. The molecule has 0 amide bonds. The number of rotatable bonds is 3. The SMILES string of the molecule is COC(=O)[C@@H](OC(C)(C)C)c1c(C)nc2cc3nn2c1N1CCC(C)(CC1)COCC=CCCc1ccccc1-c1cccc-3c1. The molecule has 1 fully saturated rings. The fourth-order valence-corrected chi connectivity index (χ4v) is 6.62. The molecular formula is C38H46N4O4. The predicted molar refractivity (Wildman–Crippen MR) is 182 cm³/mol. The lowest BCUT2D eigenvalue weighted by molar-refractivity contribution is -0.164. The third-order valence-electron chi connectivity index (χ3n) is 9.12. The zero-order chi connectivity index (χ0) is 32.5. The average molecular weight is 623 g/mol. The normalized spacial score (nSPS) is 17.6. The first kappa shape index (κ1) is 32.0. The van der Waals surface area contributed by atoms with E-state index in [1.54, 1.807) is 0 Å². The van der Waals surface area contributed by atoms with Gasteiger partial charge in [-0.15, -0.1) is 0 Å². The highest BCUT2D eigenvalue weighted by Crippen LogP contribution is 2.40. The van der Waals surface area contributed by atoms with Crippen LogP contribution >= 0.6 is 0 Å². The van der Waals surface area contributed by atoms with Crippen LogP contribution in [0.5, 0.6) is 0 Å². The highest BCUT2D eigenvalue weighted by molar-refractivity contribution is 5.81. The van der Waals surface area contributed by atoms with Crippen molar-refractivity contribution in [2.45, 2.75) is 72.0 Å². The summed E-state index contributed by atoms with van der Waals surface area (Å²) in [5, 5.41) is 5.18. The second-order valence-corrected chi connectivity index (χ2v) is 13.9. The molecule has 0 aliphatic carbocycles. The Kier molecular flexibility index (Phi) is 9.03. The number of fused-ring (bicyclic) bond motifs is 7. The molecule has 0 unspecified atom stereocenters. The van der Waals surface area contributed by atoms with E-state index in [0.29, 0.717) is 18.8 Å². The molecule has 1 atom stereocenters. The Hall–Kier alpha value is -4.01. The lowest BCUT2D eigenvalue weighted by atomic mass is 9.81. The molecule has 5 heterocycles. The average Bonchev–Trinajstić information content (AvgIpc) is 3.46. The number of benzene rings is 2. The van der Waals surface area contributed by atoms with Crippen LogP contribution in [-0.4, -0.2) is 59.6 Å². The summed E-state index contributed by atoms with van der Waals surface area (Å²) in [6.07, 6.45) is 7.22. The predicted octanol–water partition coefficient (Wildman–Crippen LogP) is 7.53. The quantitative estimate of drug-likeness (QED) is 0.173. The topological polar surface area (TPSA) is 78.2 Å². The minimum atomic E-state index is -0.960. The van der Waals surface area contributed by atoms with Gasteiger partial charge >= 0.3 is 5.97 Å². The smallest absolute Gasteiger partial charge is 0.339 e. The van der Waals surface area contributed by atoms with E-state index >= 15 is 0 Å². The van der Waals surface area contributed by atoms with Crippen LogP contribution in [-0.2, 0) is 25.4 Å². The number of allylic oxidation sites excluding steroid dienone is 1. The molecule has 3 aliphatic heterocycles. The summed E-state index contributed by atoms with van der Waals surface area (Å²) in [6, 6.07) is 19.2. The Labute approximate surface area is 272 Å². The van der Waals surface area contributed by atoms with Gasteiger partial charge in [-0.1, -0.05) is 61.5 Å². The van der Waals surface area contributed by atoms with Gasteiger partial charge in [0.2, 0.25) is 0 Å². The number of carbonyl (C=O) groups is 1. The Morgan fingerprint density at radius 3 is 2.54 bits per heavy atom. The van der Waals surface area contributed by atoms with Gasteiger partial charge in [-0.2, -0.15) is 9.61 Å². The van der Waals surface area contributed by atoms with Gasteiger partial charge in [0.25, 0.3) is 0 Å². The number of esters is 1. The maximum atomic E-state index is 13.4. The second-order valence-electron chi connectivity index (χ2n) is 13.9. The summed E-state index contributed by atoms with van der Waals surface area (Å²) in [5.41, 5.74) is 7.10. The minimum Gasteiger partial charge on any atom is -0.467 e. The van der Waals surface area contributed by atoms with Gasteiger partial charge in [0.1, 0.15) is 5.82 Å². The molecule has 8 heteroatoms. The molecule has 242 valence electrons. The Morgan fingerprint density at radius 1 is 1.02 bits per heavy atom. The van der Waals surface area contributed by atoms with Crippen molar-refractivity contribution in [2.75, 3.05) is 38.3 Å². The zero-order valence-electron chi connectivity index (χ0n) is 28.0. The molecule has 4 aromatic rings. The molecule has 0 spiro atoms. The van der Waals surface area contributed by atoms with Crippen molar-refractivity contribution in [1.29, 1.82) is 0 Å². The number of hydrogen-bond acceptors (Lipinski definition) is 7. The van der Waals surface area contributed by atoms with Crippen LogP contribution in [0.2, 0.25) is 0 Å². The Morgan fingerprint density at radius 2 is 1.78 bits per heavy atom. The number of carbonyl (C=O) groups excluding carboxylic acids is 1. The summed E-state index contributed by atoms with van der Waals surface area (Å²) in [4.78, 5) is 20.7. The van der Waals surface area contributed by atoms with Crippen LogP contribution in [0.15, 0.2) is 66.7 Å². The van der Waals surface area contributed by atoms with Gasteiger partial charge in [-0.25, -0.2) is 9.78 Å². The zero-order valence-corrected chi connectivity index (χ0v) is 28.0. The molecule has 3 aliphatic rings. The first-order valence-corrected chi connectivity index (χ1v) is 16.4. The third-order valence-corrected chi connectivity index (χ3v) is 9.12. The molecule has 8 nitrogen and oxygen atoms in total. The van der Waals surface area contributed by atoms with Gasteiger partial charge in [0.15, 0.2) is 11.8 Å². The molecule has 0 saturated carbocycles. The summed E-state index contributed by atoms with van der Waals surface area (Å²) in [5.74, 6) is 0.374. The monoisotopic (exact) mass is 622 g/mol. The van der Waals surface area contributed by atoms with Gasteiger partial charge in [0, 0.05) is 30.4 Å². The van der Waals surface area contributed by atoms with Crippen molar-refractivity contribution in [3.05, 3.63) is 83.6 Å². The second kappa shape index (κ2) is 13.0. The molecule has 46 heavy (non-hydrogen) atoms. The Bertz CT molecular complexity index is 1740. The van der Waals surface area contributed by atoms with Crippen molar-refractivity contribution in [1.82, 2.24) is 14.6 Å². The van der Waals surface area contributed by atoms with Crippen molar-refractivity contribution >= 4 is 17.4 Å². The maximum absolute atomic E-state index is 13.4. The number of ether oxygens (including phenoxy) is 3. The van der Waals surface area contributed by atoms with E-state index < -0.39 is 17.7 Å².